The van der Waals surface area contributed by atoms with Crippen LogP contribution in [-0.2, 0) is 0 Å². The second-order valence-electron chi connectivity index (χ2n) is 7.57. The summed E-state index contributed by atoms with van der Waals surface area (Å²) in [5.41, 5.74) is 3.35. The van der Waals surface area contributed by atoms with Gasteiger partial charge in [-0.25, -0.2) is 9.97 Å². The fraction of sp³-hybridized carbons (Fsp3) is 0.381. The summed E-state index contributed by atoms with van der Waals surface area (Å²) >= 11 is 7.40. The molecule has 2 aromatic heterocycles. The van der Waals surface area contributed by atoms with Crippen molar-refractivity contribution in [3.63, 3.8) is 0 Å². The maximum absolute atomic E-state index is 13.4. The number of aryl methyl sites for hydroxylation is 1. The van der Waals surface area contributed by atoms with Gasteiger partial charge in [0.1, 0.15) is 4.88 Å². The molecule has 0 N–H and O–H groups in total. The van der Waals surface area contributed by atoms with Crippen LogP contribution in [0.5, 0.6) is 0 Å². The van der Waals surface area contributed by atoms with Crippen molar-refractivity contribution >= 4 is 35.0 Å². The van der Waals surface area contributed by atoms with Crippen molar-refractivity contribution < 1.29 is 4.79 Å². The molecular formula is C21H23ClN6OS. The molecule has 3 aromatic rings. The Morgan fingerprint density at radius 1 is 1.30 bits per heavy atom. The third kappa shape index (κ3) is 4.02. The molecule has 0 spiro atoms. The minimum absolute atomic E-state index is 0.0331. The van der Waals surface area contributed by atoms with E-state index in [2.05, 4.69) is 14.6 Å². The minimum atomic E-state index is -0.150. The number of aromatic nitrogens is 4. The predicted octanol–water partition coefficient (Wildman–Crippen LogP) is 4.39. The highest BCUT2D eigenvalue weighted by molar-refractivity contribution is 7.07. The van der Waals surface area contributed by atoms with Gasteiger partial charge in [-0.15, -0.1) is 5.10 Å². The van der Waals surface area contributed by atoms with Gasteiger partial charge in [-0.1, -0.05) is 28.2 Å². The second kappa shape index (κ2) is 8.65. The SMILES string of the molecule is Cc1nnsc1C(=O)N1CCCC[C@@H]1c1nc(N(C)C)ncc1-c1cccc(Cl)c1. The number of benzene rings is 1. The van der Waals surface area contributed by atoms with Crippen LogP contribution in [0.1, 0.15) is 46.4 Å². The molecule has 1 atom stereocenters. The van der Waals surface area contributed by atoms with Crippen molar-refractivity contribution in [2.75, 3.05) is 25.5 Å². The first-order valence-electron chi connectivity index (χ1n) is 9.86. The summed E-state index contributed by atoms with van der Waals surface area (Å²) in [6.07, 6.45) is 4.67. The van der Waals surface area contributed by atoms with E-state index >= 15 is 0 Å². The predicted molar refractivity (Wildman–Crippen MR) is 119 cm³/mol. The lowest BCUT2D eigenvalue weighted by Gasteiger charge is -2.36. The number of amides is 1. The zero-order valence-corrected chi connectivity index (χ0v) is 18.7. The number of halogens is 1. The Morgan fingerprint density at radius 3 is 2.83 bits per heavy atom. The van der Waals surface area contributed by atoms with E-state index in [1.165, 1.54) is 0 Å². The summed E-state index contributed by atoms with van der Waals surface area (Å²) in [6, 6.07) is 7.51. The topological polar surface area (TPSA) is 75.1 Å². The molecule has 7 nitrogen and oxygen atoms in total. The molecule has 4 rings (SSSR count). The van der Waals surface area contributed by atoms with Gasteiger partial charge in [0.2, 0.25) is 5.95 Å². The third-order valence-electron chi connectivity index (χ3n) is 5.27. The summed E-state index contributed by atoms with van der Waals surface area (Å²) in [4.78, 5) is 27.2. The van der Waals surface area contributed by atoms with E-state index in [1.54, 1.807) is 0 Å². The summed E-state index contributed by atoms with van der Waals surface area (Å²) in [6.45, 7) is 2.50. The van der Waals surface area contributed by atoms with Gasteiger partial charge in [0, 0.05) is 37.4 Å². The molecule has 0 bridgehead atoms. The number of carbonyl (C=O) groups excluding carboxylic acids is 1. The Bertz CT molecular complexity index is 1070. The fourth-order valence-electron chi connectivity index (χ4n) is 3.75. The van der Waals surface area contributed by atoms with Crippen LogP contribution in [0.4, 0.5) is 5.95 Å². The number of hydrogen-bond donors (Lipinski definition) is 0. The van der Waals surface area contributed by atoms with Crippen molar-refractivity contribution in [2.24, 2.45) is 0 Å². The van der Waals surface area contributed by atoms with Crippen molar-refractivity contribution in [3.8, 4) is 11.1 Å². The summed E-state index contributed by atoms with van der Waals surface area (Å²) in [5, 5.41) is 4.67. The van der Waals surface area contributed by atoms with Crippen molar-refractivity contribution in [1.82, 2.24) is 24.5 Å². The van der Waals surface area contributed by atoms with E-state index in [9.17, 15) is 4.79 Å². The standard InChI is InChI=1S/C21H23ClN6OS/c1-13-19(30-26-25-13)20(29)28-10-5-4-9-17(28)18-16(12-23-21(24-18)27(2)3)14-7-6-8-15(22)11-14/h6-8,11-12,17H,4-5,9-10H2,1-3H3/t17-/m1/s1. The van der Waals surface area contributed by atoms with E-state index in [0.29, 0.717) is 28.1 Å². The molecule has 0 saturated carbocycles. The Morgan fingerprint density at radius 2 is 2.13 bits per heavy atom. The Kier molecular flexibility index (Phi) is 5.97. The summed E-state index contributed by atoms with van der Waals surface area (Å²) in [7, 11) is 3.82. The lowest BCUT2D eigenvalue weighted by Crippen LogP contribution is -2.39. The van der Waals surface area contributed by atoms with Crippen LogP contribution in [0.3, 0.4) is 0 Å². The first-order valence-corrected chi connectivity index (χ1v) is 11.0. The number of anilines is 1. The van der Waals surface area contributed by atoms with Crippen LogP contribution in [0.2, 0.25) is 5.02 Å². The molecule has 1 fully saturated rings. The normalized spacial score (nSPS) is 16.5. The molecule has 3 heterocycles. The Balaban J connectivity index is 1.82. The zero-order chi connectivity index (χ0) is 21.3. The van der Waals surface area contributed by atoms with Gasteiger partial charge < -0.3 is 9.80 Å². The van der Waals surface area contributed by atoms with E-state index < -0.39 is 0 Å². The molecule has 0 aliphatic carbocycles. The first-order chi connectivity index (χ1) is 14.5. The van der Waals surface area contributed by atoms with E-state index in [-0.39, 0.29) is 11.9 Å². The molecule has 0 radical (unpaired) electrons. The number of likely N-dealkylation sites (tertiary alicyclic amines) is 1. The molecule has 0 unspecified atom stereocenters. The van der Waals surface area contributed by atoms with Crippen LogP contribution in [0.25, 0.3) is 11.1 Å². The van der Waals surface area contributed by atoms with Gasteiger partial charge in [-0.05, 0) is 55.4 Å². The van der Waals surface area contributed by atoms with Crippen molar-refractivity contribution in [3.05, 3.63) is 51.7 Å². The Labute approximate surface area is 184 Å². The molecule has 1 aliphatic heterocycles. The molecule has 30 heavy (non-hydrogen) atoms. The number of nitrogens with zero attached hydrogens (tertiary/aromatic N) is 6. The third-order valence-corrected chi connectivity index (χ3v) is 6.32. The monoisotopic (exact) mass is 442 g/mol. The van der Waals surface area contributed by atoms with Crippen LogP contribution < -0.4 is 4.90 Å². The molecular weight excluding hydrogens is 420 g/mol. The molecule has 1 aromatic carbocycles. The second-order valence-corrected chi connectivity index (χ2v) is 8.76. The maximum atomic E-state index is 13.4. The van der Waals surface area contributed by atoms with Crippen molar-refractivity contribution in [1.29, 1.82) is 0 Å². The number of piperidine rings is 1. The lowest BCUT2D eigenvalue weighted by molar-refractivity contribution is 0.0611. The van der Waals surface area contributed by atoms with E-state index in [4.69, 9.17) is 16.6 Å². The minimum Gasteiger partial charge on any atom is -0.347 e. The van der Waals surface area contributed by atoms with Crippen LogP contribution in [-0.4, -0.2) is 51.0 Å². The van der Waals surface area contributed by atoms with Gasteiger partial charge in [0.25, 0.3) is 5.91 Å². The summed E-state index contributed by atoms with van der Waals surface area (Å²) < 4.78 is 3.94. The number of hydrogen-bond acceptors (Lipinski definition) is 7. The van der Waals surface area contributed by atoms with Crippen LogP contribution in [0.15, 0.2) is 30.5 Å². The van der Waals surface area contributed by atoms with Gasteiger partial charge in [0.05, 0.1) is 17.4 Å². The highest BCUT2D eigenvalue weighted by atomic mass is 35.5. The van der Waals surface area contributed by atoms with E-state index in [0.717, 1.165) is 47.6 Å². The highest BCUT2D eigenvalue weighted by Gasteiger charge is 2.33. The molecule has 1 saturated heterocycles. The van der Waals surface area contributed by atoms with Gasteiger partial charge >= 0.3 is 0 Å². The van der Waals surface area contributed by atoms with Gasteiger partial charge in [-0.2, -0.15) is 0 Å². The first kappa shape index (κ1) is 20.7. The molecule has 156 valence electrons. The number of rotatable bonds is 4. The highest BCUT2D eigenvalue weighted by Crippen LogP contribution is 2.38. The molecule has 9 heteroatoms. The van der Waals surface area contributed by atoms with E-state index in [1.807, 2.05) is 61.3 Å². The summed E-state index contributed by atoms with van der Waals surface area (Å²) in [5.74, 6) is 0.582. The lowest BCUT2D eigenvalue weighted by atomic mass is 9.93. The smallest absolute Gasteiger partial charge is 0.268 e. The van der Waals surface area contributed by atoms with Gasteiger partial charge in [0.15, 0.2) is 0 Å². The average molecular weight is 443 g/mol. The maximum Gasteiger partial charge on any atom is 0.268 e. The molecule has 1 aliphatic rings. The fourth-order valence-corrected chi connectivity index (χ4v) is 4.55. The zero-order valence-electron chi connectivity index (χ0n) is 17.2. The Hall–Kier alpha value is -2.58. The largest absolute Gasteiger partial charge is 0.347 e. The quantitative estimate of drug-likeness (QED) is 0.596. The van der Waals surface area contributed by atoms with Crippen LogP contribution >= 0.6 is 23.1 Å². The average Bonchev–Trinajstić information content (AvgIpc) is 3.18. The number of carbonyl (C=O) groups is 1. The van der Waals surface area contributed by atoms with Gasteiger partial charge in [-0.3, -0.25) is 4.79 Å². The molecule has 1 amide bonds. The van der Waals surface area contributed by atoms with Crippen molar-refractivity contribution in [2.45, 2.75) is 32.2 Å². The van der Waals surface area contributed by atoms with Crippen LogP contribution in [0, 0.1) is 6.92 Å².